The molecule has 1 aromatic heterocycles. The van der Waals surface area contributed by atoms with Crippen molar-refractivity contribution in [3.05, 3.63) is 23.8 Å². The quantitative estimate of drug-likeness (QED) is 0.771. The summed E-state index contributed by atoms with van der Waals surface area (Å²) < 4.78 is 5.22. The van der Waals surface area contributed by atoms with Gasteiger partial charge >= 0.3 is 0 Å². The smallest absolute Gasteiger partial charge is 0.177 e. The number of aryl methyl sites for hydroxylation is 1. The Morgan fingerprint density at radius 1 is 1.50 bits per heavy atom. The van der Waals surface area contributed by atoms with Gasteiger partial charge in [0.15, 0.2) is 11.4 Å². The third kappa shape index (κ3) is 1.44. The molecular formula is C10H13N3O. The molecule has 0 bridgehead atoms. The van der Waals surface area contributed by atoms with Crippen molar-refractivity contribution in [1.29, 1.82) is 0 Å². The van der Waals surface area contributed by atoms with Gasteiger partial charge in [-0.2, -0.15) is 0 Å². The third-order valence-corrected chi connectivity index (χ3v) is 2.13. The van der Waals surface area contributed by atoms with Crippen LogP contribution in [0.25, 0.3) is 11.0 Å². The van der Waals surface area contributed by atoms with Crippen LogP contribution in [0.1, 0.15) is 5.56 Å². The van der Waals surface area contributed by atoms with Crippen molar-refractivity contribution in [2.24, 2.45) is 5.73 Å². The molecule has 4 heteroatoms. The lowest BCUT2D eigenvalue weighted by molar-refractivity contribution is 0.458. The Labute approximate surface area is 82.1 Å². The van der Waals surface area contributed by atoms with E-state index in [9.17, 15) is 0 Å². The molecule has 1 heterocycles. The van der Waals surface area contributed by atoms with Gasteiger partial charge in [0.2, 0.25) is 0 Å². The molecule has 3 N–H and O–H groups in total. The second-order valence-corrected chi connectivity index (χ2v) is 3.20. The molecule has 0 atom stereocenters. The topological polar surface area (TPSA) is 64.1 Å². The molecule has 2 aromatic rings. The fraction of sp³-hybridized carbons (Fsp3) is 0.300. The molecule has 0 spiro atoms. The second-order valence-electron chi connectivity index (χ2n) is 3.20. The van der Waals surface area contributed by atoms with E-state index in [1.807, 2.05) is 25.1 Å². The molecule has 0 amide bonds. The number of nitrogens with one attached hydrogen (secondary N) is 1. The fourth-order valence-corrected chi connectivity index (χ4v) is 1.42. The minimum absolute atomic E-state index is 0.584. The Hall–Kier alpha value is -1.55. The van der Waals surface area contributed by atoms with Crippen molar-refractivity contribution in [1.82, 2.24) is 5.16 Å². The summed E-state index contributed by atoms with van der Waals surface area (Å²) in [4.78, 5) is 0. The number of nitrogens with zero attached hydrogens (tertiary/aromatic N) is 1. The Bertz CT molecular complexity index is 436. The molecule has 4 nitrogen and oxygen atoms in total. The summed E-state index contributed by atoms with van der Waals surface area (Å²) in [5.41, 5.74) is 7.33. The molecule has 1 aromatic carbocycles. The van der Waals surface area contributed by atoms with Gasteiger partial charge < -0.3 is 15.6 Å². The van der Waals surface area contributed by atoms with Crippen molar-refractivity contribution >= 4 is 16.8 Å². The molecule has 0 unspecified atom stereocenters. The first-order valence-corrected chi connectivity index (χ1v) is 4.62. The molecule has 0 aliphatic rings. The first-order chi connectivity index (χ1) is 6.83. The van der Waals surface area contributed by atoms with Crippen molar-refractivity contribution in [2.45, 2.75) is 6.92 Å². The van der Waals surface area contributed by atoms with Crippen LogP contribution < -0.4 is 11.1 Å². The van der Waals surface area contributed by atoms with E-state index in [2.05, 4.69) is 10.5 Å². The van der Waals surface area contributed by atoms with Gasteiger partial charge in [-0.25, -0.2) is 0 Å². The van der Waals surface area contributed by atoms with Gasteiger partial charge in [-0.1, -0.05) is 17.3 Å². The highest BCUT2D eigenvalue weighted by molar-refractivity contribution is 5.89. The molecule has 2 rings (SSSR count). The van der Waals surface area contributed by atoms with Crippen molar-refractivity contribution < 1.29 is 4.52 Å². The average molecular weight is 191 g/mol. The number of hydrogen-bond donors (Lipinski definition) is 2. The monoisotopic (exact) mass is 191 g/mol. The summed E-state index contributed by atoms with van der Waals surface area (Å²) in [6.45, 7) is 3.29. The summed E-state index contributed by atoms with van der Waals surface area (Å²) in [5, 5.41) is 8.08. The van der Waals surface area contributed by atoms with Gasteiger partial charge in [-0.15, -0.1) is 0 Å². The summed E-state index contributed by atoms with van der Waals surface area (Å²) >= 11 is 0. The van der Waals surface area contributed by atoms with Gasteiger partial charge in [0.25, 0.3) is 0 Å². The minimum Gasteiger partial charge on any atom is -0.365 e. The average Bonchev–Trinajstić information content (AvgIpc) is 2.60. The van der Waals surface area contributed by atoms with Crippen LogP contribution in [-0.2, 0) is 0 Å². The number of nitrogens with two attached hydrogens (primary N) is 1. The van der Waals surface area contributed by atoms with Gasteiger partial charge in [-0.05, 0) is 18.6 Å². The molecular weight excluding hydrogens is 178 g/mol. The number of anilines is 1. The zero-order chi connectivity index (χ0) is 9.97. The van der Waals surface area contributed by atoms with Gasteiger partial charge in [0.05, 0.1) is 5.39 Å². The van der Waals surface area contributed by atoms with Crippen LogP contribution in [0.4, 0.5) is 5.82 Å². The number of para-hydroxylation sites is 1. The maximum atomic E-state index is 5.40. The van der Waals surface area contributed by atoms with Crippen LogP contribution in [0.2, 0.25) is 0 Å². The number of aromatic nitrogens is 1. The van der Waals surface area contributed by atoms with E-state index in [0.717, 1.165) is 22.4 Å². The van der Waals surface area contributed by atoms with Crippen LogP contribution in [0.5, 0.6) is 0 Å². The van der Waals surface area contributed by atoms with Crippen molar-refractivity contribution in [3.8, 4) is 0 Å². The molecule has 14 heavy (non-hydrogen) atoms. The predicted molar refractivity (Wildman–Crippen MR) is 56.3 cm³/mol. The maximum Gasteiger partial charge on any atom is 0.177 e. The van der Waals surface area contributed by atoms with Crippen LogP contribution in [0.15, 0.2) is 22.7 Å². The van der Waals surface area contributed by atoms with E-state index >= 15 is 0 Å². The van der Waals surface area contributed by atoms with E-state index in [1.165, 1.54) is 0 Å². The maximum absolute atomic E-state index is 5.40. The van der Waals surface area contributed by atoms with Gasteiger partial charge in [-0.3, -0.25) is 0 Å². The fourth-order valence-electron chi connectivity index (χ4n) is 1.42. The molecule has 0 saturated carbocycles. The third-order valence-electron chi connectivity index (χ3n) is 2.13. The molecule has 74 valence electrons. The summed E-state index contributed by atoms with van der Waals surface area (Å²) in [5.74, 6) is 0.772. The summed E-state index contributed by atoms with van der Waals surface area (Å²) in [7, 11) is 0. The zero-order valence-corrected chi connectivity index (χ0v) is 8.08. The lowest BCUT2D eigenvalue weighted by atomic mass is 10.2. The number of benzene rings is 1. The first-order valence-electron chi connectivity index (χ1n) is 4.62. The molecule has 0 saturated heterocycles. The lowest BCUT2D eigenvalue weighted by Crippen LogP contribution is -2.13. The Morgan fingerprint density at radius 2 is 2.36 bits per heavy atom. The molecule has 0 radical (unpaired) electrons. The highest BCUT2D eigenvalue weighted by atomic mass is 16.5. The Balaban J connectivity index is 2.42. The predicted octanol–water partition coefficient (Wildman–Crippen LogP) is 1.51. The summed E-state index contributed by atoms with van der Waals surface area (Å²) in [6, 6.07) is 5.97. The molecule has 0 fully saturated rings. The zero-order valence-electron chi connectivity index (χ0n) is 8.08. The van der Waals surface area contributed by atoms with Crippen molar-refractivity contribution in [2.75, 3.05) is 18.4 Å². The summed E-state index contributed by atoms with van der Waals surface area (Å²) in [6.07, 6.45) is 0. The Kier molecular flexibility index (Phi) is 2.37. The SMILES string of the molecule is Cc1cccc2c(NCCN)noc12. The van der Waals surface area contributed by atoms with E-state index in [0.29, 0.717) is 13.1 Å². The number of fused-ring (bicyclic) bond motifs is 1. The first kappa shape index (κ1) is 9.02. The largest absolute Gasteiger partial charge is 0.365 e. The lowest BCUT2D eigenvalue weighted by Gasteiger charge is -1.98. The minimum atomic E-state index is 0.584. The van der Waals surface area contributed by atoms with Crippen LogP contribution in [-0.4, -0.2) is 18.2 Å². The van der Waals surface area contributed by atoms with Crippen molar-refractivity contribution in [3.63, 3.8) is 0 Å². The highest BCUT2D eigenvalue weighted by Gasteiger charge is 2.08. The Morgan fingerprint density at radius 3 is 3.14 bits per heavy atom. The van der Waals surface area contributed by atoms with Gasteiger partial charge in [0, 0.05) is 13.1 Å². The van der Waals surface area contributed by atoms with E-state index in [1.54, 1.807) is 0 Å². The molecule has 0 aliphatic heterocycles. The van der Waals surface area contributed by atoms with E-state index in [-0.39, 0.29) is 0 Å². The van der Waals surface area contributed by atoms with Crippen LogP contribution in [0.3, 0.4) is 0 Å². The standard InChI is InChI=1S/C10H13N3O/c1-7-3-2-4-8-9(7)14-13-10(8)12-6-5-11/h2-4H,5-6,11H2,1H3,(H,12,13). The normalized spacial score (nSPS) is 10.7. The van der Waals surface area contributed by atoms with Gasteiger partial charge in [0.1, 0.15) is 0 Å². The highest BCUT2D eigenvalue weighted by Crippen LogP contribution is 2.24. The second kappa shape index (κ2) is 3.67. The van der Waals surface area contributed by atoms with Crippen LogP contribution in [0, 0.1) is 6.92 Å². The number of rotatable bonds is 3. The van der Waals surface area contributed by atoms with E-state index in [4.69, 9.17) is 10.3 Å². The molecule has 0 aliphatic carbocycles. The number of hydrogen-bond acceptors (Lipinski definition) is 4. The van der Waals surface area contributed by atoms with Crippen LogP contribution >= 0.6 is 0 Å². The van der Waals surface area contributed by atoms with E-state index < -0.39 is 0 Å².